The number of rotatable bonds is 6. The van der Waals surface area contributed by atoms with Gasteiger partial charge in [0.25, 0.3) is 0 Å². The summed E-state index contributed by atoms with van der Waals surface area (Å²) >= 11 is 0. The molecule has 1 atom stereocenters. The summed E-state index contributed by atoms with van der Waals surface area (Å²) in [5.74, 6) is 1.86. The summed E-state index contributed by atoms with van der Waals surface area (Å²) in [5.41, 5.74) is 15.8. The third kappa shape index (κ3) is 4.90. The molecule has 7 aromatic carbocycles. The first-order valence-corrected chi connectivity index (χ1v) is 20.2. The molecule has 0 radical (unpaired) electrons. The first-order chi connectivity index (χ1) is 28.7. The van der Waals surface area contributed by atoms with Crippen LogP contribution >= 0.6 is 0 Å². The molecule has 8 aromatic rings. The van der Waals surface area contributed by atoms with E-state index in [-0.39, 0.29) is 5.41 Å². The van der Waals surface area contributed by atoms with Crippen molar-refractivity contribution >= 4 is 32.7 Å². The van der Waals surface area contributed by atoms with Gasteiger partial charge in [0.2, 0.25) is 0 Å². The van der Waals surface area contributed by atoms with Gasteiger partial charge in [0, 0.05) is 16.7 Å². The molecule has 3 nitrogen and oxygen atoms in total. The number of fused-ring (bicyclic) bond motifs is 12. The second-order valence-electron chi connectivity index (χ2n) is 15.3. The number of benzene rings is 7. The van der Waals surface area contributed by atoms with Crippen LogP contribution in [-0.2, 0) is 5.41 Å². The largest absolute Gasteiger partial charge is 0.208 e. The molecule has 1 unspecified atom stereocenters. The fraction of sp³-hybridized carbons (Fsp3) is 0.0727. The minimum absolute atomic E-state index is 0.358. The summed E-state index contributed by atoms with van der Waals surface area (Å²) in [6.07, 6.45) is 14.9. The van der Waals surface area contributed by atoms with Crippen LogP contribution in [-0.4, -0.2) is 15.0 Å². The Morgan fingerprint density at radius 1 is 0.534 bits per heavy atom. The zero-order valence-electron chi connectivity index (χ0n) is 32.3. The van der Waals surface area contributed by atoms with Crippen molar-refractivity contribution in [3.05, 3.63) is 222 Å². The van der Waals surface area contributed by atoms with E-state index in [2.05, 4.69) is 164 Å². The highest BCUT2D eigenvalue weighted by Gasteiger charge is 2.53. The van der Waals surface area contributed by atoms with Crippen LogP contribution in [0.2, 0.25) is 0 Å². The van der Waals surface area contributed by atoms with Gasteiger partial charge in [0.15, 0.2) is 17.5 Å². The van der Waals surface area contributed by atoms with E-state index in [0.717, 1.165) is 51.1 Å². The molecule has 58 heavy (non-hydrogen) atoms. The van der Waals surface area contributed by atoms with Crippen LogP contribution < -0.4 is 0 Å². The van der Waals surface area contributed by atoms with Crippen LogP contribution in [0, 0.1) is 0 Å². The summed E-state index contributed by atoms with van der Waals surface area (Å²) < 4.78 is 0. The second kappa shape index (κ2) is 13.5. The Bertz CT molecular complexity index is 3150. The van der Waals surface area contributed by atoms with Gasteiger partial charge in [-0.2, -0.15) is 0 Å². The lowest BCUT2D eigenvalue weighted by Crippen LogP contribution is -2.26. The predicted molar refractivity (Wildman–Crippen MR) is 241 cm³/mol. The summed E-state index contributed by atoms with van der Waals surface area (Å²) in [5, 5.41) is 4.48. The van der Waals surface area contributed by atoms with Crippen molar-refractivity contribution in [3.8, 4) is 45.0 Å². The van der Waals surface area contributed by atoms with E-state index in [1.165, 1.54) is 55.7 Å². The van der Waals surface area contributed by atoms with Gasteiger partial charge in [0.05, 0.1) is 5.41 Å². The van der Waals surface area contributed by atoms with Crippen molar-refractivity contribution in [2.75, 3.05) is 0 Å². The Balaban J connectivity index is 1.15. The average Bonchev–Trinajstić information content (AvgIpc) is 3.76. The lowest BCUT2D eigenvalue weighted by Gasteiger charge is -2.31. The van der Waals surface area contributed by atoms with Crippen LogP contribution in [0.3, 0.4) is 0 Å². The number of aromatic nitrogens is 3. The Labute approximate surface area is 338 Å². The molecule has 1 heterocycles. The maximum atomic E-state index is 5.26. The van der Waals surface area contributed by atoms with Crippen LogP contribution in [0.5, 0.6) is 0 Å². The predicted octanol–water partition coefficient (Wildman–Crippen LogP) is 13.8. The van der Waals surface area contributed by atoms with E-state index in [1.54, 1.807) is 6.08 Å². The SMILES string of the molecule is C=C/C=C(\C=C/C)c1nc(-c2cccc3ccccc23)nc(-c2ccc(-c3cccc4c3-c3ccccc3C43C4=CCCC=C4c4ccccc43)c3ccccc23)n1. The van der Waals surface area contributed by atoms with E-state index in [4.69, 9.17) is 15.0 Å². The minimum Gasteiger partial charge on any atom is -0.208 e. The van der Waals surface area contributed by atoms with Crippen LogP contribution in [0.25, 0.3) is 77.7 Å². The molecule has 1 aromatic heterocycles. The quantitative estimate of drug-likeness (QED) is 0.159. The van der Waals surface area contributed by atoms with Crippen molar-refractivity contribution < 1.29 is 0 Å². The highest BCUT2D eigenvalue weighted by molar-refractivity contribution is 6.09. The van der Waals surface area contributed by atoms with Crippen molar-refractivity contribution in [1.82, 2.24) is 15.0 Å². The van der Waals surface area contributed by atoms with E-state index in [9.17, 15) is 0 Å². The zero-order valence-corrected chi connectivity index (χ0v) is 32.3. The van der Waals surface area contributed by atoms with Gasteiger partial charge in [-0.3, -0.25) is 0 Å². The van der Waals surface area contributed by atoms with Crippen molar-refractivity contribution in [1.29, 1.82) is 0 Å². The molecule has 0 N–H and O–H groups in total. The van der Waals surface area contributed by atoms with E-state index in [0.29, 0.717) is 17.5 Å². The van der Waals surface area contributed by atoms with Crippen LogP contribution in [0.4, 0.5) is 0 Å². The van der Waals surface area contributed by atoms with Gasteiger partial charge in [-0.25, -0.2) is 15.0 Å². The van der Waals surface area contributed by atoms with Gasteiger partial charge >= 0.3 is 0 Å². The topological polar surface area (TPSA) is 38.7 Å². The smallest absolute Gasteiger partial charge is 0.164 e. The molecule has 274 valence electrons. The maximum absolute atomic E-state index is 5.26. The summed E-state index contributed by atoms with van der Waals surface area (Å²) in [6.45, 7) is 6.00. The van der Waals surface area contributed by atoms with Gasteiger partial charge in [0.1, 0.15) is 0 Å². The normalized spacial score (nSPS) is 16.6. The number of hydrogen-bond acceptors (Lipinski definition) is 3. The fourth-order valence-corrected chi connectivity index (χ4v) is 10.0. The van der Waals surface area contributed by atoms with Crippen molar-refractivity contribution in [2.24, 2.45) is 0 Å². The summed E-state index contributed by atoms with van der Waals surface area (Å²) in [4.78, 5) is 15.6. The summed E-state index contributed by atoms with van der Waals surface area (Å²) in [6, 6.07) is 53.0. The van der Waals surface area contributed by atoms with Gasteiger partial charge in [-0.1, -0.05) is 183 Å². The second-order valence-corrected chi connectivity index (χ2v) is 15.3. The first-order valence-electron chi connectivity index (χ1n) is 20.2. The van der Waals surface area contributed by atoms with E-state index in [1.807, 2.05) is 25.2 Å². The van der Waals surface area contributed by atoms with Crippen LogP contribution in [0.15, 0.2) is 194 Å². The lowest BCUT2D eigenvalue weighted by atomic mass is 9.69. The zero-order chi connectivity index (χ0) is 38.8. The molecule has 0 saturated heterocycles. The number of allylic oxidation sites excluding steroid dienone is 9. The Morgan fingerprint density at radius 3 is 1.90 bits per heavy atom. The lowest BCUT2D eigenvalue weighted by molar-refractivity contribution is 0.782. The average molecular weight is 742 g/mol. The third-order valence-corrected chi connectivity index (χ3v) is 12.3. The number of hydrogen-bond donors (Lipinski definition) is 0. The van der Waals surface area contributed by atoms with Crippen molar-refractivity contribution in [3.63, 3.8) is 0 Å². The molecule has 11 rings (SSSR count). The third-order valence-electron chi connectivity index (χ3n) is 12.3. The molecule has 0 aliphatic heterocycles. The molecule has 0 saturated carbocycles. The molecular weight excluding hydrogens is 703 g/mol. The van der Waals surface area contributed by atoms with Gasteiger partial charge in [-0.05, 0) is 103 Å². The standard InChI is InChI=1S/C55H39N3/c1-3-17-36(18-4-2)52-56-53(44-28-15-20-35-19-5-6-21-37(35)44)58-54(57-52)45-34-33-40(38-22-7-8-23-39(38)45)43-27-16-32-50-51(43)46-26-11-14-31-49(46)55(50)47-29-12-9-24-41(47)42-25-10-13-30-48(42)55/h3-9,11-12,14-34H,1,10,13H2,2H3/b18-4-,36-17+. The summed E-state index contributed by atoms with van der Waals surface area (Å²) in [7, 11) is 0. The Hall–Kier alpha value is -7.23. The van der Waals surface area contributed by atoms with E-state index >= 15 is 0 Å². The molecular formula is C55H39N3. The molecule has 3 heteroatoms. The van der Waals surface area contributed by atoms with Crippen molar-refractivity contribution in [2.45, 2.75) is 25.2 Å². The number of nitrogens with zero attached hydrogens (tertiary/aromatic N) is 3. The van der Waals surface area contributed by atoms with Gasteiger partial charge < -0.3 is 0 Å². The maximum Gasteiger partial charge on any atom is 0.164 e. The molecule has 1 spiro atoms. The molecule has 0 fully saturated rings. The fourth-order valence-electron chi connectivity index (χ4n) is 10.0. The highest BCUT2D eigenvalue weighted by atomic mass is 15.0. The minimum atomic E-state index is -0.358. The Morgan fingerprint density at radius 2 is 1.10 bits per heavy atom. The molecule has 3 aliphatic rings. The molecule has 0 amide bonds. The van der Waals surface area contributed by atoms with E-state index < -0.39 is 0 Å². The highest BCUT2D eigenvalue weighted by Crippen LogP contribution is 2.65. The molecule has 0 bridgehead atoms. The van der Waals surface area contributed by atoms with Gasteiger partial charge in [-0.15, -0.1) is 0 Å². The molecule has 3 aliphatic carbocycles. The monoisotopic (exact) mass is 741 g/mol. The Kier molecular flexibility index (Phi) is 7.90. The first kappa shape index (κ1) is 34.1. The van der Waals surface area contributed by atoms with Crippen LogP contribution in [0.1, 0.15) is 47.8 Å².